The molecule has 0 saturated carbocycles. The van der Waals surface area contributed by atoms with Crippen LogP contribution in [0.4, 0.5) is 0 Å². The first-order valence-corrected chi connectivity index (χ1v) is 9.96. The van der Waals surface area contributed by atoms with E-state index >= 15 is 0 Å². The molecular weight excluding hydrogens is 340 g/mol. The van der Waals surface area contributed by atoms with E-state index in [2.05, 4.69) is 48.3 Å². The van der Waals surface area contributed by atoms with Crippen LogP contribution in [0, 0.1) is 11.8 Å². The number of hydrogen-bond acceptors (Lipinski definition) is 4. The minimum atomic E-state index is 0.0155. The number of amides is 2. The number of nitrogens with one attached hydrogen (secondary N) is 1. The Kier molecular flexibility index (Phi) is 6.50. The molecule has 2 amide bonds. The van der Waals surface area contributed by atoms with Crippen molar-refractivity contribution in [3.05, 3.63) is 35.9 Å². The third-order valence-corrected chi connectivity index (χ3v) is 5.86. The largest absolute Gasteiger partial charge is 0.341 e. The van der Waals surface area contributed by atoms with Crippen molar-refractivity contribution in [2.45, 2.75) is 26.4 Å². The van der Waals surface area contributed by atoms with Crippen LogP contribution < -0.4 is 5.32 Å². The average Bonchev–Trinajstić information content (AvgIpc) is 2.63. The molecule has 2 aliphatic heterocycles. The first kappa shape index (κ1) is 19.8. The highest BCUT2D eigenvalue weighted by atomic mass is 16.2. The lowest BCUT2D eigenvalue weighted by Crippen LogP contribution is -2.57. The van der Waals surface area contributed by atoms with Crippen LogP contribution in [0.1, 0.15) is 19.4 Å². The summed E-state index contributed by atoms with van der Waals surface area (Å²) in [6.07, 6.45) is 0. The van der Waals surface area contributed by atoms with Crippen molar-refractivity contribution in [2.75, 3.05) is 46.3 Å². The molecule has 0 aromatic heterocycles. The van der Waals surface area contributed by atoms with Crippen LogP contribution in [0.2, 0.25) is 0 Å². The van der Waals surface area contributed by atoms with E-state index in [9.17, 15) is 9.59 Å². The first-order valence-electron chi connectivity index (χ1n) is 9.96. The van der Waals surface area contributed by atoms with Crippen LogP contribution in [0.15, 0.2) is 30.3 Å². The van der Waals surface area contributed by atoms with Crippen molar-refractivity contribution >= 4 is 11.8 Å². The average molecular weight is 373 g/mol. The Morgan fingerprint density at radius 3 is 2.48 bits per heavy atom. The lowest BCUT2D eigenvalue weighted by molar-refractivity contribution is -0.143. The molecule has 27 heavy (non-hydrogen) atoms. The third kappa shape index (κ3) is 4.87. The van der Waals surface area contributed by atoms with Gasteiger partial charge in [0.05, 0.1) is 13.1 Å². The van der Waals surface area contributed by atoms with E-state index in [1.165, 1.54) is 5.56 Å². The zero-order valence-corrected chi connectivity index (χ0v) is 16.7. The molecule has 6 nitrogen and oxygen atoms in total. The summed E-state index contributed by atoms with van der Waals surface area (Å²) >= 11 is 0. The van der Waals surface area contributed by atoms with E-state index in [1.54, 1.807) is 4.90 Å². The Bertz CT molecular complexity index is 639. The number of hydrogen-bond donors (Lipinski definition) is 1. The van der Waals surface area contributed by atoms with E-state index in [4.69, 9.17) is 0 Å². The van der Waals surface area contributed by atoms with Gasteiger partial charge in [0.1, 0.15) is 0 Å². The molecule has 6 heteroatoms. The third-order valence-electron chi connectivity index (χ3n) is 5.86. The van der Waals surface area contributed by atoms with Gasteiger partial charge in [0.25, 0.3) is 0 Å². The van der Waals surface area contributed by atoms with E-state index in [0.29, 0.717) is 24.9 Å². The number of likely N-dealkylation sites (N-methyl/N-ethyl adjacent to an activating group) is 1. The summed E-state index contributed by atoms with van der Waals surface area (Å²) in [5, 5.41) is 3.05. The number of carbonyl (C=O) groups excluding carboxylic acids is 2. The molecule has 0 bridgehead atoms. The van der Waals surface area contributed by atoms with Crippen LogP contribution >= 0.6 is 0 Å². The van der Waals surface area contributed by atoms with Crippen LogP contribution in [-0.2, 0) is 16.1 Å². The Labute approximate surface area is 162 Å². The number of piperazine rings is 1. The van der Waals surface area contributed by atoms with E-state index in [0.717, 1.165) is 26.2 Å². The van der Waals surface area contributed by atoms with Crippen LogP contribution in [0.25, 0.3) is 0 Å². The lowest BCUT2D eigenvalue weighted by Gasteiger charge is -2.46. The van der Waals surface area contributed by atoms with Crippen LogP contribution in [0.5, 0.6) is 0 Å². The number of carbonyl (C=O) groups is 2. The topological polar surface area (TPSA) is 55.9 Å². The summed E-state index contributed by atoms with van der Waals surface area (Å²) in [6, 6.07) is 10.8. The maximum atomic E-state index is 12.8. The quantitative estimate of drug-likeness (QED) is 0.839. The zero-order valence-electron chi connectivity index (χ0n) is 16.7. The molecule has 1 N–H and O–H groups in total. The standard InChI is InChI=1S/C21H32N4O2/c1-16-12-24(14-18-7-5-4-6-8-18)13-17(2)21(16)23(3)20(27)15-25-10-9-22-11-19(25)26/h4-8,16-17,21-22H,9-15H2,1-3H3/t16-,17+,21?. The molecule has 1 aromatic carbocycles. The summed E-state index contributed by atoms with van der Waals surface area (Å²) in [7, 11) is 1.90. The van der Waals surface area contributed by atoms with Gasteiger partial charge in [-0.15, -0.1) is 0 Å². The second kappa shape index (κ2) is 8.85. The van der Waals surface area contributed by atoms with Gasteiger partial charge in [0.15, 0.2) is 0 Å². The van der Waals surface area contributed by atoms with Crippen molar-refractivity contribution in [3.63, 3.8) is 0 Å². The van der Waals surface area contributed by atoms with Gasteiger partial charge in [-0.05, 0) is 17.4 Å². The highest BCUT2D eigenvalue weighted by molar-refractivity contribution is 5.86. The monoisotopic (exact) mass is 372 g/mol. The van der Waals surface area contributed by atoms with Gasteiger partial charge in [-0.3, -0.25) is 14.5 Å². The molecule has 0 spiro atoms. The molecule has 2 fully saturated rings. The van der Waals surface area contributed by atoms with Crippen molar-refractivity contribution in [1.82, 2.24) is 20.0 Å². The minimum absolute atomic E-state index is 0.0155. The SMILES string of the molecule is C[C@@H]1CN(Cc2ccccc2)C[C@H](C)C1N(C)C(=O)CN1CCNCC1=O. The highest BCUT2D eigenvalue weighted by Crippen LogP contribution is 2.27. The number of rotatable bonds is 5. The fourth-order valence-corrected chi connectivity index (χ4v) is 4.65. The Balaban J connectivity index is 1.57. The van der Waals surface area contributed by atoms with Crippen LogP contribution in [-0.4, -0.2) is 78.9 Å². The first-order chi connectivity index (χ1) is 13.0. The fraction of sp³-hybridized carbons (Fsp3) is 0.619. The minimum Gasteiger partial charge on any atom is -0.341 e. The Hall–Kier alpha value is -1.92. The van der Waals surface area contributed by atoms with Gasteiger partial charge in [0.2, 0.25) is 11.8 Å². The van der Waals surface area contributed by atoms with Gasteiger partial charge in [-0.25, -0.2) is 0 Å². The molecule has 1 aromatic rings. The van der Waals surface area contributed by atoms with E-state index in [1.807, 2.05) is 18.0 Å². The fourth-order valence-electron chi connectivity index (χ4n) is 4.65. The second-order valence-corrected chi connectivity index (χ2v) is 8.12. The predicted molar refractivity (Wildman–Crippen MR) is 106 cm³/mol. The smallest absolute Gasteiger partial charge is 0.242 e. The van der Waals surface area contributed by atoms with E-state index in [-0.39, 0.29) is 24.4 Å². The van der Waals surface area contributed by atoms with Gasteiger partial charge < -0.3 is 15.1 Å². The molecule has 1 unspecified atom stereocenters. The van der Waals surface area contributed by atoms with Crippen molar-refractivity contribution < 1.29 is 9.59 Å². The molecule has 3 atom stereocenters. The van der Waals surface area contributed by atoms with Gasteiger partial charge in [-0.2, -0.15) is 0 Å². The van der Waals surface area contributed by atoms with Crippen molar-refractivity contribution in [1.29, 1.82) is 0 Å². The van der Waals surface area contributed by atoms with E-state index < -0.39 is 0 Å². The molecule has 2 aliphatic rings. The number of nitrogens with zero attached hydrogens (tertiary/aromatic N) is 3. The predicted octanol–water partition coefficient (Wildman–Crippen LogP) is 1.03. The second-order valence-electron chi connectivity index (χ2n) is 8.12. The molecule has 148 valence electrons. The normalized spacial score (nSPS) is 26.9. The number of likely N-dealkylation sites (tertiary alicyclic amines) is 1. The summed E-state index contributed by atoms with van der Waals surface area (Å²) in [4.78, 5) is 30.8. The van der Waals surface area contributed by atoms with Crippen LogP contribution in [0.3, 0.4) is 0 Å². The van der Waals surface area contributed by atoms with Gasteiger partial charge in [0, 0.05) is 45.8 Å². The van der Waals surface area contributed by atoms with Crippen molar-refractivity contribution in [3.8, 4) is 0 Å². The van der Waals surface area contributed by atoms with Gasteiger partial charge >= 0.3 is 0 Å². The molecule has 0 radical (unpaired) electrons. The van der Waals surface area contributed by atoms with Gasteiger partial charge in [-0.1, -0.05) is 44.2 Å². The molecule has 3 rings (SSSR count). The number of piperidine rings is 1. The Morgan fingerprint density at radius 1 is 1.19 bits per heavy atom. The van der Waals surface area contributed by atoms with Crippen molar-refractivity contribution in [2.24, 2.45) is 11.8 Å². The summed E-state index contributed by atoms with van der Waals surface area (Å²) in [6.45, 7) is 9.28. The maximum Gasteiger partial charge on any atom is 0.242 e. The number of benzene rings is 1. The highest BCUT2D eigenvalue weighted by Gasteiger charge is 2.37. The summed E-state index contributed by atoms with van der Waals surface area (Å²) in [5.74, 6) is 0.850. The summed E-state index contributed by atoms with van der Waals surface area (Å²) in [5.41, 5.74) is 1.33. The summed E-state index contributed by atoms with van der Waals surface area (Å²) < 4.78 is 0. The molecule has 2 saturated heterocycles. The Morgan fingerprint density at radius 2 is 1.85 bits per heavy atom. The molecule has 2 heterocycles. The molecular formula is C21H32N4O2. The zero-order chi connectivity index (χ0) is 19.4. The maximum absolute atomic E-state index is 12.8. The lowest BCUT2D eigenvalue weighted by atomic mass is 9.84. The molecule has 0 aliphatic carbocycles.